The van der Waals surface area contributed by atoms with Gasteiger partial charge in [-0.3, -0.25) is 0 Å². The molecule has 0 saturated heterocycles. The van der Waals surface area contributed by atoms with Crippen molar-refractivity contribution in [3.05, 3.63) is 115 Å². The van der Waals surface area contributed by atoms with E-state index in [0.29, 0.717) is 0 Å². The van der Waals surface area contributed by atoms with E-state index in [1.165, 1.54) is 22.8 Å². The summed E-state index contributed by atoms with van der Waals surface area (Å²) < 4.78 is 0. The molecule has 2 nitrogen and oxygen atoms in total. The van der Waals surface area contributed by atoms with Crippen LogP contribution in [-0.2, 0) is 0 Å². The number of allylic oxidation sites excluding steroid dienone is 4. The maximum atomic E-state index is 2.42. The third-order valence-corrected chi connectivity index (χ3v) is 4.82. The summed E-state index contributed by atoms with van der Waals surface area (Å²) >= 11 is 0. The SMILES string of the molecule is C1=CCCC(N(CN(c2ccccc2)c2ccccc2)c2ccccc2)=C1. The lowest BCUT2D eigenvalue weighted by Crippen LogP contribution is -2.35. The van der Waals surface area contributed by atoms with Crippen LogP contribution in [0.15, 0.2) is 115 Å². The molecule has 0 aliphatic heterocycles. The summed E-state index contributed by atoms with van der Waals surface area (Å²) in [6.07, 6.45) is 8.79. The summed E-state index contributed by atoms with van der Waals surface area (Å²) in [7, 11) is 0. The number of nitrogens with zero attached hydrogens (tertiary/aromatic N) is 2. The van der Waals surface area contributed by atoms with Gasteiger partial charge in [0.1, 0.15) is 0 Å². The van der Waals surface area contributed by atoms with Crippen LogP contribution in [0.3, 0.4) is 0 Å². The smallest absolute Gasteiger partial charge is 0.0996 e. The predicted molar refractivity (Wildman–Crippen MR) is 115 cm³/mol. The first-order chi connectivity index (χ1) is 13.4. The molecule has 0 atom stereocenters. The molecular formula is C25H24N2. The zero-order valence-electron chi connectivity index (χ0n) is 15.4. The normalized spacial score (nSPS) is 13.1. The Hall–Kier alpha value is -3.26. The fourth-order valence-electron chi connectivity index (χ4n) is 3.43. The van der Waals surface area contributed by atoms with E-state index in [9.17, 15) is 0 Å². The first kappa shape index (κ1) is 17.2. The molecule has 0 fully saturated rings. The van der Waals surface area contributed by atoms with Gasteiger partial charge in [-0.1, -0.05) is 66.7 Å². The van der Waals surface area contributed by atoms with Crippen molar-refractivity contribution in [2.75, 3.05) is 16.5 Å². The molecule has 3 aromatic carbocycles. The first-order valence-corrected chi connectivity index (χ1v) is 9.48. The van der Waals surface area contributed by atoms with Crippen molar-refractivity contribution in [1.29, 1.82) is 0 Å². The number of benzene rings is 3. The van der Waals surface area contributed by atoms with E-state index in [1.807, 2.05) is 0 Å². The van der Waals surface area contributed by atoms with Crippen molar-refractivity contribution in [1.82, 2.24) is 0 Å². The van der Waals surface area contributed by atoms with Gasteiger partial charge in [0, 0.05) is 22.8 Å². The van der Waals surface area contributed by atoms with Gasteiger partial charge >= 0.3 is 0 Å². The molecule has 3 aromatic rings. The van der Waals surface area contributed by atoms with E-state index < -0.39 is 0 Å². The molecule has 0 spiro atoms. The summed E-state index contributed by atoms with van der Waals surface area (Å²) in [5.41, 5.74) is 4.95. The molecule has 2 heteroatoms. The van der Waals surface area contributed by atoms with Crippen LogP contribution in [0, 0.1) is 0 Å². The maximum Gasteiger partial charge on any atom is 0.0996 e. The Morgan fingerprint density at radius 2 is 1.07 bits per heavy atom. The van der Waals surface area contributed by atoms with Gasteiger partial charge < -0.3 is 9.80 Å². The summed E-state index contributed by atoms with van der Waals surface area (Å²) in [5, 5.41) is 0. The quantitative estimate of drug-likeness (QED) is 0.466. The van der Waals surface area contributed by atoms with E-state index in [4.69, 9.17) is 0 Å². The standard InChI is InChI=1S/C25H24N2/c1-5-13-22(14-6-1)26(23-15-7-2-8-16-23)21-27(24-17-9-3-10-18-24)25-19-11-4-12-20-25/h1-11,13-19H,12,20-21H2. The number of hydrogen-bond donors (Lipinski definition) is 0. The van der Waals surface area contributed by atoms with Gasteiger partial charge in [0.25, 0.3) is 0 Å². The third-order valence-electron chi connectivity index (χ3n) is 4.82. The Labute approximate surface area is 161 Å². The van der Waals surface area contributed by atoms with Crippen LogP contribution < -0.4 is 9.80 Å². The first-order valence-electron chi connectivity index (χ1n) is 9.48. The van der Waals surface area contributed by atoms with Gasteiger partial charge in [-0.15, -0.1) is 0 Å². The molecule has 0 saturated carbocycles. The number of rotatable bonds is 6. The third kappa shape index (κ3) is 4.12. The summed E-state index contributed by atoms with van der Waals surface area (Å²) in [6.45, 7) is 0.762. The van der Waals surface area contributed by atoms with Crippen molar-refractivity contribution >= 4 is 17.1 Å². The van der Waals surface area contributed by atoms with E-state index in [1.54, 1.807) is 0 Å². The van der Waals surface area contributed by atoms with Crippen LogP contribution in [0.5, 0.6) is 0 Å². The molecule has 4 rings (SSSR count). The molecule has 1 aliphatic rings. The van der Waals surface area contributed by atoms with Crippen molar-refractivity contribution in [3.8, 4) is 0 Å². The Morgan fingerprint density at radius 3 is 1.52 bits per heavy atom. The maximum absolute atomic E-state index is 2.42. The molecule has 0 radical (unpaired) electrons. The predicted octanol–water partition coefficient (Wildman–Crippen LogP) is 6.52. The van der Waals surface area contributed by atoms with Gasteiger partial charge in [0.2, 0.25) is 0 Å². The molecule has 134 valence electrons. The molecule has 0 aromatic heterocycles. The van der Waals surface area contributed by atoms with Gasteiger partial charge in [-0.2, -0.15) is 0 Å². The molecule has 0 N–H and O–H groups in total. The van der Waals surface area contributed by atoms with Gasteiger partial charge in [0.15, 0.2) is 0 Å². The minimum absolute atomic E-state index is 0.762. The highest BCUT2D eigenvalue weighted by atomic mass is 15.3. The average Bonchev–Trinajstić information content (AvgIpc) is 2.77. The van der Waals surface area contributed by atoms with Gasteiger partial charge in [-0.05, 0) is 55.3 Å². The van der Waals surface area contributed by atoms with Crippen molar-refractivity contribution in [3.63, 3.8) is 0 Å². The highest BCUT2D eigenvalue weighted by Crippen LogP contribution is 2.30. The Bertz CT molecular complexity index is 859. The van der Waals surface area contributed by atoms with Crippen LogP contribution in [0.1, 0.15) is 12.8 Å². The fraction of sp³-hybridized carbons (Fsp3) is 0.120. The zero-order chi connectivity index (χ0) is 18.3. The summed E-state index contributed by atoms with van der Waals surface area (Å²) in [4.78, 5) is 4.79. The van der Waals surface area contributed by atoms with Crippen LogP contribution in [0.25, 0.3) is 0 Å². The summed E-state index contributed by atoms with van der Waals surface area (Å²) in [6, 6.07) is 31.9. The lowest BCUT2D eigenvalue weighted by atomic mass is 10.1. The highest BCUT2D eigenvalue weighted by Gasteiger charge is 2.18. The fourth-order valence-corrected chi connectivity index (χ4v) is 3.43. The van der Waals surface area contributed by atoms with E-state index >= 15 is 0 Å². The van der Waals surface area contributed by atoms with Crippen LogP contribution in [0.2, 0.25) is 0 Å². The molecule has 0 unspecified atom stereocenters. The Morgan fingerprint density at radius 1 is 0.593 bits per heavy atom. The van der Waals surface area contributed by atoms with E-state index in [0.717, 1.165) is 19.5 Å². The Kier molecular flexibility index (Phi) is 5.35. The van der Waals surface area contributed by atoms with Crippen molar-refractivity contribution in [2.24, 2.45) is 0 Å². The molecule has 0 amide bonds. The van der Waals surface area contributed by atoms with E-state index in [2.05, 4.69) is 119 Å². The Balaban J connectivity index is 1.74. The molecule has 0 heterocycles. The zero-order valence-corrected chi connectivity index (χ0v) is 15.4. The second kappa shape index (κ2) is 8.41. The second-order valence-corrected chi connectivity index (χ2v) is 6.63. The minimum Gasteiger partial charge on any atom is -0.327 e. The van der Waals surface area contributed by atoms with Crippen molar-refractivity contribution in [2.45, 2.75) is 12.8 Å². The lowest BCUT2D eigenvalue weighted by molar-refractivity contribution is 0.814. The lowest BCUT2D eigenvalue weighted by Gasteiger charge is -2.35. The van der Waals surface area contributed by atoms with Crippen LogP contribution >= 0.6 is 0 Å². The van der Waals surface area contributed by atoms with Gasteiger partial charge in [0.05, 0.1) is 6.67 Å². The minimum atomic E-state index is 0.762. The van der Waals surface area contributed by atoms with Crippen molar-refractivity contribution < 1.29 is 0 Å². The second-order valence-electron chi connectivity index (χ2n) is 6.63. The number of anilines is 3. The highest BCUT2D eigenvalue weighted by molar-refractivity contribution is 5.66. The monoisotopic (exact) mass is 352 g/mol. The van der Waals surface area contributed by atoms with Crippen LogP contribution in [0.4, 0.5) is 17.1 Å². The summed E-state index contributed by atoms with van der Waals surface area (Å²) in [5.74, 6) is 0. The largest absolute Gasteiger partial charge is 0.327 e. The number of para-hydroxylation sites is 3. The molecule has 0 bridgehead atoms. The van der Waals surface area contributed by atoms with Crippen LogP contribution in [-0.4, -0.2) is 6.67 Å². The van der Waals surface area contributed by atoms with E-state index in [-0.39, 0.29) is 0 Å². The average molecular weight is 352 g/mol. The molecule has 27 heavy (non-hydrogen) atoms. The topological polar surface area (TPSA) is 6.48 Å². The molecular weight excluding hydrogens is 328 g/mol. The molecule has 1 aliphatic carbocycles. The number of hydrogen-bond acceptors (Lipinski definition) is 2. The van der Waals surface area contributed by atoms with Gasteiger partial charge in [-0.25, -0.2) is 0 Å².